The SMILES string of the molecule is Cc1nnsc1C(=O)Nc1nc2c(Oc3ncccn3)cccc2o1. The average Bonchev–Trinajstić information content (AvgIpc) is 3.22. The first-order chi connectivity index (χ1) is 12.2. The molecule has 0 spiro atoms. The molecule has 1 N–H and O–H groups in total. The van der Waals surface area contributed by atoms with Crippen LogP contribution in [0.25, 0.3) is 11.1 Å². The summed E-state index contributed by atoms with van der Waals surface area (Å²) in [5.74, 6) is 0.0384. The van der Waals surface area contributed by atoms with Crippen LogP contribution in [0, 0.1) is 6.92 Å². The van der Waals surface area contributed by atoms with Crippen molar-refractivity contribution >= 4 is 34.6 Å². The number of benzene rings is 1. The lowest BCUT2D eigenvalue weighted by Gasteiger charge is -2.02. The molecule has 10 heteroatoms. The van der Waals surface area contributed by atoms with Crippen molar-refractivity contribution in [2.75, 3.05) is 5.32 Å². The summed E-state index contributed by atoms with van der Waals surface area (Å²) < 4.78 is 14.9. The number of aryl methyl sites for hydroxylation is 1. The predicted molar refractivity (Wildman–Crippen MR) is 88.7 cm³/mol. The maximum atomic E-state index is 12.2. The Morgan fingerprint density at radius 2 is 2.08 bits per heavy atom. The highest BCUT2D eigenvalue weighted by molar-refractivity contribution is 7.08. The molecule has 0 saturated carbocycles. The Hall–Kier alpha value is -3.40. The number of hydrogen-bond donors (Lipinski definition) is 1. The van der Waals surface area contributed by atoms with Crippen molar-refractivity contribution in [2.45, 2.75) is 6.92 Å². The van der Waals surface area contributed by atoms with Gasteiger partial charge < -0.3 is 9.15 Å². The molecule has 25 heavy (non-hydrogen) atoms. The molecule has 0 fully saturated rings. The Bertz CT molecular complexity index is 1050. The van der Waals surface area contributed by atoms with Crippen molar-refractivity contribution in [3.63, 3.8) is 0 Å². The quantitative estimate of drug-likeness (QED) is 0.595. The van der Waals surface area contributed by atoms with Crippen molar-refractivity contribution in [1.29, 1.82) is 0 Å². The van der Waals surface area contributed by atoms with Crippen LogP contribution in [0.2, 0.25) is 0 Å². The van der Waals surface area contributed by atoms with Crippen LogP contribution >= 0.6 is 11.5 Å². The maximum Gasteiger partial charge on any atom is 0.321 e. The summed E-state index contributed by atoms with van der Waals surface area (Å²) >= 11 is 1.00. The van der Waals surface area contributed by atoms with Gasteiger partial charge in [-0.25, -0.2) is 9.97 Å². The number of nitrogens with one attached hydrogen (secondary N) is 1. The number of fused-ring (bicyclic) bond motifs is 1. The molecule has 3 heterocycles. The standard InChI is InChI=1S/C15H10N6O3S/c1-8-12(25-21-20-8)13(22)19-15-18-11-9(4-2-5-10(11)24-15)23-14-16-6-3-7-17-14/h2-7H,1H3,(H,18,19,22). The molecule has 0 radical (unpaired) electrons. The van der Waals surface area contributed by atoms with Gasteiger partial charge in [0.05, 0.1) is 5.69 Å². The fraction of sp³-hybridized carbons (Fsp3) is 0.0667. The first-order valence-corrected chi connectivity index (χ1v) is 7.93. The molecule has 0 aliphatic rings. The van der Waals surface area contributed by atoms with Gasteiger partial charge in [0, 0.05) is 12.4 Å². The Balaban J connectivity index is 1.63. The molecule has 124 valence electrons. The summed E-state index contributed by atoms with van der Waals surface area (Å²) in [5, 5.41) is 6.40. The first kappa shape index (κ1) is 15.1. The third-order valence-corrected chi connectivity index (χ3v) is 4.03. The van der Waals surface area contributed by atoms with Crippen LogP contribution < -0.4 is 10.1 Å². The van der Waals surface area contributed by atoms with E-state index in [1.165, 1.54) is 0 Å². The van der Waals surface area contributed by atoms with Crippen molar-refractivity contribution in [3.8, 4) is 11.8 Å². The van der Waals surface area contributed by atoms with Gasteiger partial charge in [0.25, 0.3) is 5.91 Å². The molecule has 1 amide bonds. The number of aromatic nitrogens is 5. The van der Waals surface area contributed by atoms with Gasteiger partial charge >= 0.3 is 12.0 Å². The van der Waals surface area contributed by atoms with E-state index < -0.39 is 0 Å². The minimum absolute atomic E-state index is 0.0535. The molecule has 0 aliphatic heterocycles. The van der Waals surface area contributed by atoms with E-state index in [0.29, 0.717) is 27.4 Å². The van der Waals surface area contributed by atoms with Crippen LogP contribution in [0.3, 0.4) is 0 Å². The van der Waals surface area contributed by atoms with E-state index in [4.69, 9.17) is 9.15 Å². The highest BCUT2D eigenvalue weighted by Crippen LogP contribution is 2.30. The number of para-hydroxylation sites is 1. The zero-order valence-electron chi connectivity index (χ0n) is 12.8. The average molecular weight is 354 g/mol. The molecule has 0 aliphatic carbocycles. The van der Waals surface area contributed by atoms with Crippen molar-refractivity contribution < 1.29 is 13.9 Å². The molecule has 4 aromatic rings. The van der Waals surface area contributed by atoms with Crippen molar-refractivity contribution in [2.24, 2.45) is 0 Å². The number of oxazole rings is 1. The van der Waals surface area contributed by atoms with Gasteiger partial charge in [-0.3, -0.25) is 10.1 Å². The monoisotopic (exact) mass is 354 g/mol. The van der Waals surface area contributed by atoms with Crippen LogP contribution in [-0.4, -0.2) is 30.4 Å². The highest BCUT2D eigenvalue weighted by atomic mass is 32.1. The molecule has 4 rings (SSSR count). The third kappa shape index (κ3) is 3.02. The third-order valence-electron chi connectivity index (χ3n) is 3.20. The Morgan fingerprint density at radius 3 is 2.84 bits per heavy atom. The van der Waals surface area contributed by atoms with E-state index in [2.05, 4.69) is 29.9 Å². The summed E-state index contributed by atoms with van der Waals surface area (Å²) in [6.07, 6.45) is 3.14. The number of anilines is 1. The van der Waals surface area contributed by atoms with Crippen molar-refractivity contribution in [1.82, 2.24) is 24.5 Å². The number of ether oxygens (including phenoxy) is 1. The van der Waals surface area contributed by atoms with Crippen LogP contribution in [-0.2, 0) is 0 Å². The van der Waals surface area contributed by atoms with Gasteiger partial charge in [0.2, 0.25) is 0 Å². The first-order valence-electron chi connectivity index (χ1n) is 7.15. The predicted octanol–water partition coefficient (Wildman–Crippen LogP) is 2.82. The van der Waals surface area contributed by atoms with E-state index in [-0.39, 0.29) is 17.9 Å². The second kappa shape index (κ2) is 6.24. The molecule has 1 aromatic carbocycles. The number of hydrogen-bond acceptors (Lipinski definition) is 9. The highest BCUT2D eigenvalue weighted by Gasteiger charge is 2.18. The molecule has 9 nitrogen and oxygen atoms in total. The van der Waals surface area contributed by atoms with Gasteiger partial charge in [0.1, 0.15) is 4.88 Å². The van der Waals surface area contributed by atoms with Gasteiger partial charge in [-0.05, 0) is 36.7 Å². The number of amides is 1. The summed E-state index contributed by atoms with van der Waals surface area (Å²) in [4.78, 5) is 24.9. The molecule has 0 bridgehead atoms. The number of carbonyl (C=O) groups excluding carboxylic acids is 1. The minimum Gasteiger partial charge on any atom is -0.423 e. The summed E-state index contributed by atoms with van der Waals surface area (Å²) in [7, 11) is 0. The fourth-order valence-corrected chi connectivity index (χ4v) is 2.64. The fourth-order valence-electron chi connectivity index (χ4n) is 2.09. The molecular weight excluding hydrogens is 344 g/mol. The Labute approximate surface area is 144 Å². The summed E-state index contributed by atoms with van der Waals surface area (Å²) in [5.41, 5.74) is 1.45. The zero-order valence-corrected chi connectivity index (χ0v) is 13.6. The van der Waals surface area contributed by atoms with Gasteiger partial charge in [-0.1, -0.05) is 10.6 Å². The second-order valence-electron chi connectivity index (χ2n) is 4.90. The van der Waals surface area contributed by atoms with E-state index >= 15 is 0 Å². The number of nitrogens with zero attached hydrogens (tertiary/aromatic N) is 5. The topological polar surface area (TPSA) is 116 Å². The molecule has 0 atom stereocenters. The lowest BCUT2D eigenvalue weighted by molar-refractivity contribution is 0.102. The van der Waals surface area contributed by atoms with Gasteiger partial charge in [0.15, 0.2) is 16.8 Å². The van der Waals surface area contributed by atoms with E-state index in [1.807, 2.05) is 0 Å². The maximum absolute atomic E-state index is 12.2. The number of rotatable bonds is 4. The van der Waals surface area contributed by atoms with Gasteiger partial charge in [-0.2, -0.15) is 4.98 Å². The van der Waals surface area contributed by atoms with E-state index in [9.17, 15) is 4.79 Å². The Morgan fingerprint density at radius 1 is 1.24 bits per heavy atom. The van der Waals surface area contributed by atoms with E-state index in [0.717, 1.165) is 11.5 Å². The zero-order chi connectivity index (χ0) is 17.2. The minimum atomic E-state index is -0.382. The smallest absolute Gasteiger partial charge is 0.321 e. The Kier molecular flexibility index (Phi) is 3.78. The van der Waals surface area contributed by atoms with Crippen LogP contribution in [0.15, 0.2) is 41.1 Å². The van der Waals surface area contributed by atoms with Crippen molar-refractivity contribution in [3.05, 3.63) is 47.2 Å². The molecule has 0 unspecified atom stereocenters. The van der Waals surface area contributed by atoms with Crippen LogP contribution in [0.4, 0.5) is 6.01 Å². The van der Waals surface area contributed by atoms with Crippen LogP contribution in [0.5, 0.6) is 11.8 Å². The van der Waals surface area contributed by atoms with Crippen LogP contribution in [0.1, 0.15) is 15.4 Å². The molecule has 3 aromatic heterocycles. The normalized spacial score (nSPS) is 10.8. The lowest BCUT2D eigenvalue weighted by atomic mass is 10.3. The molecule has 0 saturated heterocycles. The summed E-state index contributed by atoms with van der Waals surface area (Å²) in [6.45, 7) is 1.70. The van der Waals surface area contributed by atoms with Gasteiger partial charge in [-0.15, -0.1) is 5.10 Å². The summed E-state index contributed by atoms with van der Waals surface area (Å²) in [6, 6.07) is 7.11. The molecular formula is C15H10N6O3S. The number of carbonyl (C=O) groups is 1. The second-order valence-corrected chi connectivity index (χ2v) is 5.65. The largest absolute Gasteiger partial charge is 0.423 e. The lowest BCUT2D eigenvalue weighted by Crippen LogP contribution is -2.11. The van der Waals surface area contributed by atoms with E-state index in [1.54, 1.807) is 43.6 Å².